The van der Waals surface area contributed by atoms with E-state index in [1.165, 1.54) is 22.3 Å². The Morgan fingerprint density at radius 2 is 1.19 bits per heavy atom. The summed E-state index contributed by atoms with van der Waals surface area (Å²) in [7, 11) is -6.00. The number of aryl methyl sites for hydroxylation is 2. The Bertz CT molecular complexity index is 1050. The number of fused-ring (bicyclic) bond motifs is 2. The first kappa shape index (κ1) is 18.9. The van der Waals surface area contributed by atoms with Gasteiger partial charge in [-0.1, -0.05) is 48.0 Å². The van der Waals surface area contributed by atoms with E-state index in [4.69, 9.17) is 4.42 Å². The molecule has 1 heterocycles. The van der Waals surface area contributed by atoms with Crippen molar-refractivity contribution in [2.75, 3.05) is 0 Å². The van der Waals surface area contributed by atoms with Crippen LogP contribution in [0, 0.1) is 13.8 Å². The molecule has 1 aromatic heterocycles. The van der Waals surface area contributed by atoms with E-state index >= 15 is 0 Å². The molecule has 0 saturated heterocycles. The third-order valence-electron chi connectivity index (χ3n) is 4.18. The zero-order chi connectivity index (χ0) is 19.6. The normalized spacial score (nSPS) is 11.3. The lowest BCUT2D eigenvalue weighted by Gasteiger charge is -2.09. The van der Waals surface area contributed by atoms with Crippen LogP contribution >= 0.6 is 0 Å². The minimum absolute atomic E-state index is 0.927. The Morgan fingerprint density at radius 3 is 1.67 bits per heavy atom. The van der Waals surface area contributed by atoms with Crippen LogP contribution in [0.2, 0.25) is 0 Å². The van der Waals surface area contributed by atoms with Crippen molar-refractivity contribution in [2.24, 2.45) is 0 Å². The number of para-hydroxylation sites is 2. The van der Waals surface area contributed by atoms with Gasteiger partial charge in [0.15, 0.2) is 0 Å². The van der Waals surface area contributed by atoms with Gasteiger partial charge in [0.25, 0.3) is 0 Å². The summed E-state index contributed by atoms with van der Waals surface area (Å²) in [5, 5.41) is 2.32. The van der Waals surface area contributed by atoms with Gasteiger partial charge in [-0.3, -0.25) is 0 Å². The molecule has 3 aromatic carbocycles. The molecule has 138 valence electrons. The van der Waals surface area contributed by atoms with Crippen LogP contribution in [0.1, 0.15) is 11.1 Å². The summed E-state index contributed by atoms with van der Waals surface area (Å²) in [5.41, 5.74) is 6.97. The number of halogens is 4. The van der Waals surface area contributed by atoms with Crippen LogP contribution in [0.15, 0.2) is 71.1 Å². The highest BCUT2D eigenvalue weighted by molar-refractivity contribution is 6.50. The molecule has 4 rings (SSSR count). The molecule has 0 aliphatic heterocycles. The first-order valence-corrected chi connectivity index (χ1v) is 8.42. The van der Waals surface area contributed by atoms with Crippen LogP contribution < -0.4 is 0 Å². The van der Waals surface area contributed by atoms with Crippen LogP contribution in [0.5, 0.6) is 0 Å². The number of benzene rings is 3. The van der Waals surface area contributed by atoms with Gasteiger partial charge in [0.2, 0.25) is 0 Å². The Hall–Kier alpha value is -2.89. The van der Waals surface area contributed by atoms with Crippen molar-refractivity contribution >= 4 is 29.2 Å². The largest absolute Gasteiger partial charge is 0.673 e. The molecule has 6 heteroatoms. The second-order valence-electron chi connectivity index (χ2n) is 6.28. The summed E-state index contributed by atoms with van der Waals surface area (Å²) in [6, 6.07) is 23.2. The van der Waals surface area contributed by atoms with Crippen molar-refractivity contribution in [1.29, 1.82) is 0 Å². The Kier molecular flexibility index (Phi) is 5.17. The Labute approximate surface area is 154 Å². The van der Waals surface area contributed by atoms with Gasteiger partial charge < -0.3 is 17.3 Å². The summed E-state index contributed by atoms with van der Waals surface area (Å²) in [4.78, 5) is 0. The van der Waals surface area contributed by atoms with Crippen LogP contribution in [0.3, 0.4) is 0 Å². The lowest BCUT2D eigenvalue weighted by atomic mass is 9.93. The molecule has 0 aliphatic carbocycles. The van der Waals surface area contributed by atoms with Crippen LogP contribution in [-0.4, -0.2) is 7.25 Å². The molecule has 0 bridgehead atoms. The molecule has 0 amide bonds. The van der Waals surface area contributed by atoms with Crippen LogP contribution in [-0.2, 0) is 0 Å². The Morgan fingerprint density at radius 1 is 0.704 bits per heavy atom. The molecule has 0 aliphatic rings. The first-order chi connectivity index (χ1) is 12.7. The summed E-state index contributed by atoms with van der Waals surface area (Å²) in [6.45, 7) is 4.31. The molecule has 0 radical (unpaired) electrons. The van der Waals surface area contributed by atoms with E-state index in [1.807, 2.05) is 24.3 Å². The van der Waals surface area contributed by atoms with Gasteiger partial charge in [-0.25, -0.2) is 4.42 Å². The van der Waals surface area contributed by atoms with Gasteiger partial charge in [0, 0.05) is 17.7 Å². The van der Waals surface area contributed by atoms with Gasteiger partial charge in [0.1, 0.15) is 0 Å². The highest BCUT2D eigenvalue weighted by Crippen LogP contribution is 2.37. The van der Waals surface area contributed by atoms with Crippen LogP contribution in [0.4, 0.5) is 17.3 Å². The molecular weight excluding hydrogens is 355 g/mol. The molecule has 0 fully saturated rings. The molecule has 0 atom stereocenters. The van der Waals surface area contributed by atoms with Gasteiger partial charge in [-0.2, -0.15) is 0 Å². The number of rotatable bonds is 1. The van der Waals surface area contributed by atoms with E-state index in [2.05, 4.69) is 56.3 Å². The van der Waals surface area contributed by atoms with Crippen molar-refractivity contribution in [2.45, 2.75) is 13.8 Å². The van der Waals surface area contributed by atoms with Crippen molar-refractivity contribution in [1.82, 2.24) is 0 Å². The maximum atomic E-state index is 9.75. The van der Waals surface area contributed by atoms with E-state index in [0.717, 1.165) is 21.9 Å². The minimum Gasteiger partial charge on any atom is -0.418 e. The van der Waals surface area contributed by atoms with Crippen molar-refractivity contribution in [3.05, 3.63) is 77.9 Å². The van der Waals surface area contributed by atoms with E-state index in [0.29, 0.717) is 0 Å². The van der Waals surface area contributed by atoms with E-state index in [9.17, 15) is 17.3 Å². The van der Waals surface area contributed by atoms with E-state index in [-0.39, 0.29) is 0 Å². The minimum atomic E-state index is -6.00. The maximum absolute atomic E-state index is 9.75. The molecule has 27 heavy (non-hydrogen) atoms. The zero-order valence-corrected chi connectivity index (χ0v) is 14.8. The smallest absolute Gasteiger partial charge is 0.418 e. The van der Waals surface area contributed by atoms with Gasteiger partial charge >= 0.3 is 18.4 Å². The third-order valence-corrected chi connectivity index (χ3v) is 4.18. The molecule has 0 spiro atoms. The molecule has 1 nitrogen and oxygen atoms in total. The monoisotopic (exact) mass is 372 g/mol. The molecule has 0 unspecified atom stereocenters. The van der Waals surface area contributed by atoms with E-state index in [1.54, 1.807) is 0 Å². The van der Waals surface area contributed by atoms with Crippen molar-refractivity contribution in [3.8, 4) is 11.1 Å². The van der Waals surface area contributed by atoms with Gasteiger partial charge in [-0.05, 0) is 37.1 Å². The molecule has 0 N–H and O–H groups in total. The fourth-order valence-electron chi connectivity index (χ4n) is 3.17. The summed E-state index contributed by atoms with van der Waals surface area (Å²) in [5.74, 6) is 0. The van der Waals surface area contributed by atoms with E-state index < -0.39 is 7.25 Å². The average molecular weight is 372 g/mol. The molecule has 4 aromatic rings. The van der Waals surface area contributed by atoms with Crippen molar-refractivity contribution in [3.63, 3.8) is 0 Å². The summed E-state index contributed by atoms with van der Waals surface area (Å²) in [6.07, 6.45) is 0. The first-order valence-electron chi connectivity index (χ1n) is 8.42. The summed E-state index contributed by atoms with van der Waals surface area (Å²) >= 11 is 0. The fraction of sp³-hybridized carbons (Fsp3) is 0.0952. The molecular formula is C21H17BF4O. The fourth-order valence-corrected chi connectivity index (χ4v) is 3.17. The van der Waals surface area contributed by atoms with Gasteiger partial charge in [0.05, 0.1) is 10.8 Å². The lowest BCUT2D eigenvalue weighted by Crippen LogP contribution is -2.02. The highest BCUT2D eigenvalue weighted by Gasteiger charge is 2.21. The standard InChI is InChI=1S/C21H17O.BF4/c1-14-11-12-16(15(2)13-14)21-17-7-3-5-9-19(17)22-20-10-6-4-8-18(20)21;2-1(3,4)5/h3-13H,1-2H3;/q+1;-1. The topological polar surface area (TPSA) is 11.3 Å². The van der Waals surface area contributed by atoms with Crippen molar-refractivity contribution < 1.29 is 21.7 Å². The quantitative estimate of drug-likeness (QED) is 0.146. The third kappa shape index (κ3) is 4.45. The summed E-state index contributed by atoms with van der Waals surface area (Å²) < 4.78 is 45.1. The predicted octanol–water partition coefficient (Wildman–Crippen LogP) is 7.45. The average Bonchev–Trinajstić information content (AvgIpc) is 2.59. The SMILES string of the molecule is Cc1ccc(-c2c3ccccc3[o+]c3ccccc23)c(C)c1.F[B-](F)(F)F. The maximum Gasteiger partial charge on any atom is 0.673 e. The Balaban J connectivity index is 0.000000376. The number of hydrogen-bond acceptors (Lipinski definition) is 0. The molecule has 0 saturated carbocycles. The predicted molar refractivity (Wildman–Crippen MR) is 103 cm³/mol. The van der Waals surface area contributed by atoms with Gasteiger partial charge in [-0.15, -0.1) is 0 Å². The lowest BCUT2D eigenvalue weighted by molar-refractivity contribution is 0.368. The second-order valence-corrected chi connectivity index (χ2v) is 6.28. The highest BCUT2D eigenvalue weighted by atomic mass is 19.5. The second kappa shape index (κ2) is 7.39. The number of hydrogen-bond donors (Lipinski definition) is 0. The van der Waals surface area contributed by atoms with Crippen LogP contribution in [0.25, 0.3) is 33.1 Å². The zero-order valence-electron chi connectivity index (χ0n) is 14.8.